The maximum absolute atomic E-state index is 12.0. The van der Waals surface area contributed by atoms with Gasteiger partial charge < -0.3 is 10.6 Å². The molecule has 1 aliphatic heterocycles. The lowest BCUT2D eigenvalue weighted by Gasteiger charge is -2.26. The van der Waals surface area contributed by atoms with Crippen LogP contribution in [0.5, 0.6) is 0 Å². The van der Waals surface area contributed by atoms with E-state index in [-0.39, 0.29) is 16.8 Å². The molecule has 1 fully saturated rings. The highest BCUT2D eigenvalue weighted by atomic mass is 32.2. The fourth-order valence-corrected chi connectivity index (χ4v) is 4.03. The number of anilines is 2. The molecule has 1 aromatic rings. The lowest BCUT2D eigenvalue weighted by atomic mass is 10.4. The maximum atomic E-state index is 12.0. The average molecular weight is 304 g/mol. The molecule has 108 valence electrons. The molecule has 0 atom stereocenters. The minimum Gasteiger partial charge on any atom is -0.383 e. The molecular weight excluding hydrogens is 284 g/mol. The Kier molecular flexibility index (Phi) is 4.00. The van der Waals surface area contributed by atoms with E-state index in [0.717, 1.165) is 24.6 Å². The minimum absolute atomic E-state index is 0.0356. The van der Waals surface area contributed by atoms with Gasteiger partial charge in [0.05, 0.1) is 0 Å². The summed E-state index contributed by atoms with van der Waals surface area (Å²) in [6, 6.07) is 0.0356. The molecule has 0 unspecified atom stereocenters. The van der Waals surface area contributed by atoms with Crippen LogP contribution in [0.15, 0.2) is 4.90 Å². The molecule has 0 radical (unpaired) electrons. The Morgan fingerprint density at radius 2 is 1.89 bits per heavy atom. The van der Waals surface area contributed by atoms with Crippen LogP contribution in [0.25, 0.3) is 0 Å². The SMILES string of the molecule is CC(C)n1nc(N2CCSCC2)c(S(C)(=O)=O)c1N. The summed E-state index contributed by atoms with van der Waals surface area (Å²) >= 11 is 1.87. The Morgan fingerprint density at radius 3 is 2.37 bits per heavy atom. The van der Waals surface area contributed by atoms with Crippen molar-refractivity contribution in [1.29, 1.82) is 0 Å². The fraction of sp³-hybridized carbons (Fsp3) is 0.727. The standard InChI is InChI=1S/C11H20N4O2S2/c1-8(2)15-10(12)9(19(3,16)17)11(13-15)14-4-6-18-7-5-14/h8H,4-7,12H2,1-3H3. The van der Waals surface area contributed by atoms with Gasteiger partial charge in [-0.25, -0.2) is 13.1 Å². The van der Waals surface area contributed by atoms with Gasteiger partial charge in [-0.3, -0.25) is 0 Å². The number of hydrogen-bond donors (Lipinski definition) is 1. The zero-order valence-corrected chi connectivity index (χ0v) is 13.1. The Balaban J connectivity index is 2.55. The number of nitrogens with zero attached hydrogens (tertiary/aromatic N) is 3. The second kappa shape index (κ2) is 5.24. The highest BCUT2D eigenvalue weighted by Crippen LogP contribution is 2.33. The van der Waals surface area contributed by atoms with Crippen LogP contribution < -0.4 is 10.6 Å². The van der Waals surface area contributed by atoms with E-state index in [4.69, 9.17) is 5.73 Å². The van der Waals surface area contributed by atoms with Gasteiger partial charge in [0.1, 0.15) is 5.82 Å². The summed E-state index contributed by atoms with van der Waals surface area (Å²) in [6.45, 7) is 5.49. The second-order valence-corrected chi connectivity index (χ2v) is 8.13. The highest BCUT2D eigenvalue weighted by molar-refractivity contribution is 7.99. The van der Waals surface area contributed by atoms with Crippen LogP contribution in [0.4, 0.5) is 11.6 Å². The van der Waals surface area contributed by atoms with Crippen LogP contribution in [0, 0.1) is 0 Å². The fourth-order valence-electron chi connectivity index (χ4n) is 2.15. The van der Waals surface area contributed by atoms with Crippen LogP contribution in [0.2, 0.25) is 0 Å². The molecule has 0 aliphatic carbocycles. The van der Waals surface area contributed by atoms with Gasteiger partial charge in [0.15, 0.2) is 20.6 Å². The zero-order valence-electron chi connectivity index (χ0n) is 11.5. The summed E-state index contributed by atoms with van der Waals surface area (Å²) < 4.78 is 25.6. The first-order valence-electron chi connectivity index (χ1n) is 6.23. The van der Waals surface area contributed by atoms with E-state index in [1.165, 1.54) is 6.26 Å². The number of nitrogen functional groups attached to an aromatic ring is 1. The first kappa shape index (κ1) is 14.5. The van der Waals surface area contributed by atoms with Crippen molar-refractivity contribution < 1.29 is 8.42 Å². The van der Waals surface area contributed by atoms with Gasteiger partial charge in [0.2, 0.25) is 0 Å². The van der Waals surface area contributed by atoms with Gasteiger partial charge in [-0.05, 0) is 13.8 Å². The predicted octanol–water partition coefficient (Wildman–Crippen LogP) is 1.00. The number of sulfone groups is 1. The zero-order chi connectivity index (χ0) is 14.2. The summed E-state index contributed by atoms with van der Waals surface area (Å²) in [4.78, 5) is 2.19. The Labute approximate surface area is 118 Å². The van der Waals surface area contributed by atoms with Gasteiger partial charge in [-0.15, -0.1) is 0 Å². The van der Waals surface area contributed by atoms with Crippen molar-refractivity contribution in [2.24, 2.45) is 0 Å². The molecule has 2 rings (SSSR count). The number of aromatic nitrogens is 2. The van der Waals surface area contributed by atoms with Crippen molar-refractivity contribution in [2.75, 3.05) is 41.5 Å². The van der Waals surface area contributed by atoms with Gasteiger partial charge in [-0.1, -0.05) is 0 Å². The summed E-state index contributed by atoms with van der Waals surface area (Å²) in [5.41, 5.74) is 5.99. The topological polar surface area (TPSA) is 81.2 Å². The van der Waals surface area contributed by atoms with Crippen LogP contribution in [-0.2, 0) is 9.84 Å². The van der Waals surface area contributed by atoms with E-state index < -0.39 is 9.84 Å². The lowest BCUT2D eigenvalue weighted by molar-refractivity contribution is 0.538. The van der Waals surface area contributed by atoms with E-state index in [0.29, 0.717) is 5.82 Å². The summed E-state index contributed by atoms with van der Waals surface area (Å²) in [7, 11) is -3.38. The molecule has 2 heterocycles. The lowest BCUT2D eigenvalue weighted by Crippen LogP contribution is -2.33. The molecule has 1 aromatic heterocycles. The summed E-state index contributed by atoms with van der Waals surface area (Å²) in [5, 5.41) is 4.43. The van der Waals surface area contributed by atoms with E-state index in [2.05, 4.69) is 5.10 Å². The van der Waals surface area contributed by atoms with E-state index >= 15 is 0 Å². The molecule has 2 N–H and O–H groups in total. The van der Waals surface area contributed by atoms with E-state index in [9.17, 15) is 8.42 Å². The quantitative estimate of drug-likeness (QED) is 0.897. The van der Waals surface area contributed by atoms with Gasteiger partial charge in [0, 0.05) is 36.9 Å². The normalized spacial score (nSPS) is 17.2. The Bertz CT molecular complexity index is 559. The number of nitrogens with two attached hydrogens (primary N) is 1. The molecule has 0 amide bonds. The average Bonchev–Trinajstić information content (AvgIpc) is 2.68. The summed E-state index contributed by atoms with van der Waals surface area (Å²) in [5.74, 6) is 2.72. The van der Waals surface area contributed by atoms with Gasteiger partial charge in [0.25, 0.3) is 0 Å². The molecule has 0 bridgehead atoms. The third kappa shape index (κ3) is 2.84. The maximum Gasteiger partial charge on any atom is 0.182 e. The van der Waals surface area contributed by atoms with Crippen molar-refractivity contribution in [3.8, 4) is 0 Å². The van der Waals surface area contributed by atoms with Crippen LogP contribution in [0.1, 0.15) is 19.9 Å². The van der Waals surface area contributed by atoms with Crippen molar-refractivity contribution in [3.63, 3.8) is 0 Å². The molecular formula is C11H20N4O2S2. The van der Waals surface area contributed by atoms with Gasteiger partial charge >= 0.3 is 0 Å². The smallest absolute Gasteiger partial charge is 0.182 e. The molecule has 6 nitrogen and oxygen atoms in total. The van der Waals surface area contributed by atoms with Crippen LogP contribution >= 0.6 is 11.8 Å². The molecule has 0 aromatic carbocycles. The van der Waals surface area contributed by atoms with Crippen LogP contribution in [0.3, 0.4) is 0 Å². The molecule has 1 aliphatic rings. The first-order valence-corrected chi connectivity index (χ1v) is 9.27. The second-order valence-electron chi connectivity index (χ2n) is 4.95. The molecule has 8 heteroatoms. The summed E-state index contributed by atoms with van der Waals surface area (Å²) in [6.07, 6.45) is 1.19. The molecule has 0 spiro atoms. The van der Waals surface area contributed by atoms with Crippen LogP contribution in [-0.4, -0.2) is 49.0 Å². The third-order valence-corrected chi connectivity index (χ3v) is 5.13. The predicted molar refractivity (Wildman–Crippen MR) is 79.7 cm³/mol. The Hall–Kier alpha value is -0.890. The monoisotopic (exact) mass is 304 g/mol. The first-order chi connectivity index (χ1) is 8.82. The number of thioether (sulfide) groups is 1. The molecule has 1 saturated heterocycles. The number of rotatable bonds is 3. The highest BCUT2D eigenvalue weighted by Gasteiger charge is 2.29. The van der Waals surface area contributed by atoms with Crippen molar-refractivity contribution >= 4 is 33.2 Å². The Morgan fingerprint density at radius 1 is 1.32 bits per heavy atom. The largest absolute Gasteiger partial charge is 0.383 e. The number of hydrogen-bond acceptors (Lipinski definition) is 6. The van der Waals surface area contributed by atoms with E-state index in [1.54, 1.807) is 4.68 Å². The minimum atomic E-state index is -3.38. The van der Waals surface area contributed by atoms with Crippen molar-refractivity contribution in [1.82, 2.24) is 9.78 Å². The molecule has 19 heavy (non-hydrogen) atoms. The third-order valence-electron chi connectivity index (χ3n) is 3.06. The van der Waals surface area contributed by atoms with Crippen molar-refractivity contribution in [3.05, 3.63) is 0 Å². The van der Waals surface area contributed by atoms with Gasteiger partial charge in [-0.2, -0.15) is 16.9 Å². The van der Waals surface area contributed by atoms with Crippen molar-refractivity contribution in [2.45, 2.75) is 24.8 Å². The molecule has 0 saturated carbocycles. The van der Waals surface area contributed by atoms with E-state index in [1.807, 2.05) is 30.5 Å².